The fourth-order valence-electron chi connectivity index (χ4n) is 2.72. The summed E-state index contributed by atoms with van der Waals surface area (Å²) in [6.07, 6.45) is 0. The van der Waals surface area contributed by atoms with E-state index in [1.54, 1.807) is 19.2 Å². The molecule has 0 saturated carbocycles. The number of likely N-dealkylation sites (N-methyl/N-ethyl adjacent to an activating group) is 1. The summed E-state index contributed by atoms with van der Waals surface area (Å²) in [7, 11) is 1.58. The van der Waals surface area contributed by atoms with E-state index in [0.717, 1.165) is 25.2 Å². The van der Waals surface area contributed by atoms with E-state index < -0.39 is 5.82 Å². The van der Waals surface area contributed by atoms with Gasteiger partial charge in [0.2, 0.25) is 0 Å². The summed E-state index contributed by atoms with van der Waals surface area (Å²) in [6, 6.07) is 11.5. The molecule has 0 aromatic heterocycles. The minimum Gasteiger partial charge on any atom is -0.493 e. The van der Waals surface area contributed by atoms with E-state index in [0.29, 0.717) is 24.7 Å². The van der Waals surface area contributed by atoms with E-state index in [1.165, 1.54) is 12.1 Å². The van der Waals surface area contributed by atoms with E-state index in [-0.39, 0.29) is 18.3 Å². The lowest BCUT2D eigenvalue weighted by Gasteiger charge is -2.19. The summed E-state index contributed by atoms with van der Waals surface area (Å²) in [5.41, 5.74) is 0.859. The van der Waals surface area contributed by atoms with Crippen LogP contribution in [0, 0.1) is 5.82 Å². The lowest BCUT2D eigenvalue weighted by atomic mass is 10.2. The van der Waals surface area contributed by atoms with Crippen molar-refractivity contribution in [2.75, 3.05) is 40.0 Å². The Kier molecular flexibility index (Phi) is 9.24. The predicted molar refractivity (Wildman–Crippen MR) is 110 cm³/mol. The number of nitrogens with zero attached hydrogens (tertiary/aromatic N) is 1. The van der Waals surface area contributed by atoms with Crippen LogP contribution in [-0.2, 0) is 11.3 Å². The van der Waals surface area contributed by atoms with Crippen LogP contribution in [0.5, 0.6) is 17.2 Å². The van der Waals surface area contributed by atoms with Gasteiger partial charge in [-0.25, -0.2) is 4.39 Å². The number of hydrogen-bond donors (Lipinski definition) is 1. The largest absolute Gasteiger partial charge is 0.493 e. The molecule has 0 heterocycles. The fourth-order valence-corrected chi connectivity index (χ4v) is 2.72. The van der Waals surface area contributed by atoms with Crippen molar-refractivity contribution >= 4 is 5.91 Å². The molecule has 158 valence electrons. The second kappa shape index (κ2) is 11.9. The van der Waals surface area contributed by atoms with E-state index in [1.807, 2.05) is 18.2 Å². The summed E-state index contributed by atoms with van der Waals surface area (Å²) in [6.45, 7) is 7.66. The van der Waals surface area contributed by atoms with Crippen molar-refractivity contribution in [2.45, 2.75) is 20.4 Å². The molecule has 2 aromatic carbocycles. The van der Waals surface area contributed by atoms with Crippen LogP contribution in [0.1, 0.15) is 19.4 Å². The SMILES string of the molecule is CCN(CC)CCOc1ccc(CNC(=O)COc2ccccc2F)cc1OC. The van der Waals surface area contributed by atoms with Crippen LogP contribution in [0.4, 0.5) is 4.39 Å². The van der Waals surface area contributed by atoms with Crippen molar-refractivity contribution in [3.63, 3.8) is 0 Å². The highest BCUT2D eigenvalue weighted by atomic mass is 19.1. The number of para-hydroxylation sites is 1. The number of amides is 1. The molecule has 0 aliphatic carbocycles. The van der Waals surface area contributed by atoms with E-state index >= 15 is 0 Å². The molecule has 0 aliphatic heterocycles. The molecule has 0 aliphatic rings. The maximum absolute atomic E-state index is 13.5. The number of hydrogen-bond acceptors (Lipinski definition) is 5. The van der Waals surface area contributed by atoms with Crippen LogP contribution in [-0.4, -0.2) is 50.8 Å². The Labute approximate surface area is 171 Å². The Balaban J connectivity index is 1.83. The van der Waals surface area contributed by atoms with Gasteiger partial charge in [-0.05, 0) is 42.9 Å². The highest BCUT2D eigenvalue weighted by Crippen LogP contribution is 2.28. The van der Waals surface area contributed by atoms with Crippen LogP contribution in [0.25, 0.3) is 0 Å². The van der Waals surface area contributed by atoms with Crippen LogP contribution >= 0.6 is 0 Å². The van der Waals surface area contributed by atoms with Crippen LogP contribution in [0.15, 0.2) is 42.5 Å². The van der Waals surface area contributed by atoms with E-state index in [4.69, 9.17) is 14.2 Å². The van der Waals surface area contributed by atoms with Crippen molar-refractivity contribution in [1.82, 2.24) is 10.2 Å². The molecule has 0 spiro atoms. The number of carbonyl (C=O) groups excluding carboxylic acids is 1. The number of halogens is 1. The first-order chi connectivity index (χ1) is 14.1. The molecule has 0 saturated heterocycles. The number of benzene rings is 2. The number of carbonyl (C=O) groups is 1. The maximum atomic E-state index is 13.5. The van der Waals surface area contributed by atoms with Crippen LogP contribution in [0.3, 0.4) is 0 Å². The molecule has 0 radical (unpaired) electrons. The van der Waals surface area contributed by atoms with Gasteiger partial charge in [0.05, 0.1) is 7.11 Å². The van der Waals surface area contributed by atoms with Crippen LogP contribution < -0.4 is 19.5 Å². The van der Waals surface area contributed by atoms with Crippen molar-refractivity contribution in [1.29, 1.82) is 0 Å². The van der Waals surface area contributed by atoms with Gasteiger partial charge >= 0.3 is 0 Å². The highest BCUT2D eigenvalue weighted by Gasteiger charge is 2.09. The number of methoxy groups -OCH3 is 1. The second-order valence-electron chi connectivity index (χ2n) is 6.36. The molecule has 6 nitrogen and oxygen atoms in total. The molecule has 0 fully saturated rings. The summed E-state index contributed by atoms with van der Waals surface area (Å²) >= 11 is 0. The standard InChI is InChI=1S/C22H29FN2O4/c1-4-25(5-2)12-13-28-20-11-10-17(14-21(20)27-3)15-24-22(26)16-29-19-9-7-6-8-18(19)23/h6-11,14H,4-5,12-13,15-16H2,1-3H3,(H,24,26). The smallest absolute Gasteiger partial charge is 0.258 e. The lowest BCUT2D eigenvalue weighted by Crippen LogP contribution is -2.28. The molecule has 1 N–H and O–H groups in total. The Morgan fingerprint density at radius 3 is 2.48 bits per heavy atom. The molecule has 1 amide bonds. The maximum Gasteiger partial charge on any atom is 0.258 e. The minimum absolute atomic E-state index is 0.0514. The van der Waals surface area contributed by atoms with Gasteiger partial charge in [0, 0.05) is 13.1 Å². The van der Waals surface area contributed by atoms with Crippen LogP contribution in [0.2, 0.25) is 0 Å². The van der Waals surface area contributed by atoms with Gasteiger partial charge in [-0.3, -0.25) is 4.79 Å². The average molecular weight is 404 g/mol. The minimum atomic E-state index is -0.499. The summed E-state index contributed by atoms with van der Waals surface area (Å²) in [4.78, 5) is 14.2. The van der Waals surface area contributed by atoms with E-state index in [2.05, 4.69) is 24.1 Å². The topological polar surface area (TPSA) is 60.0 Å². The Bertz CT molecular complexity index is 781. The summed E-state index contributed by atoms with van der Waals surface area (Å²) < 4.78 is 29.9. The molecular formula is C22H29FN2O4. The molecule has 0 unspecified atom stereocenters. The first-order valence-electron chi connectivity index (χ1n) is 9.73. The molecule has 0 atom stereocenters. The van der Waals surface area contributed by atoms with Gasteiger partial charge in [0.25, 0.3) is 5.91 Å². The predicted octanol–water partition coefficient (Wildman–Crippen LogP) is 3.25. The zero-order valence-electron chi connectivity index (χ0n) is 17.2. The molecule has 0 bridgehead atoms. The van der Waals surface area contributed by atoms with Gasteiger partial charge in [-0.15, -0.1) is 0 Å². The number of nitrogens with one attached hydrogen (secondary N) is 1. The molecule has 2 aromatic rings. The van der Waals surface area contributed by atoms with E-state index in [9.17, 15) is 9.18 Å². The van der Waals surface area contributed by atoms with Crippen molar-refractivity contribution in [2.24, 2.45) is 0 Å². The normalized spacial score (nSPS) is 10.7. The Morgan fingerprint density at radius 2 is 1.79 bits per heavy atom. The number of rotatable bonds is 12. The first kappa shape index (κ1) is 22.5. The van der Waals surface area contributed by atoms with Crippen molar-refractivity contribution < 1.29 is 23.4 Å². The van der Waals surface area contributed by atoms with Gasteiger partial charge in [-0.2, -0.15) is 0 Å². The average Bonchev–Trinajstić information content (AvgIpc) is 2.75. The molecule has 7 heteroatoms. The van der Waals surface area contributed by atoms with Gasteiger partial charge in [0.15, 0.2) is 29.7 Å². The van der Waals surface area contributed by atoms with Crippen molar-refractivity contribution in [3.8, 4) is 17.2 Å². The fraction of sp³-hybridized carbons (Fsp3) is 0.409. The lowest BCUT2D eigenvalue weighted by molar-refractivity contribution is -0.123. The molecular weight excluding hydrogens is 375 g/mol. The number of ether oxygens (including phenoxy) is 3. The second-order valence-corrected chi connectivity index (χ2v) is 6.36. The summed E-state index contributed by atoms with van der Waals surface area (Å²) in [5, 5.41) is 2.74. The summed E-state index contributed by atoms with van der Waals surface area (Å²) in [5.74, 6) is 0.487. The first-order valence-corrected chi connectivity index (χ1v) is 9.73. The third-order valence-corrected chi connectivity index (χ3v) is 4.47. The monoisotopic (exact) mass is 404 g/mol. The van der Waals surface area contributed by atoms with Gasteiger partial charge in [0.1, 0.15) is 6.61 Å². The van der Waals surface area contributed by atoms with Gasteiger partial charge in [-0.1, -0.05) is 32.0 Å². The van der Waals surface area contributed by atoms with Gasteiger partial charge < -0.3 is 24.4 Å². The third-order valence-electron chi connectivity index (χ3n) is 4.47. The molecule has 2 rings (SSSR count). The highest BCUT2D eigenvalue weighted by molar-refractivity contribution is 5.77. The van der Waals surface area contributed by atoms with Crippen molar-refractivity contribution in [3.05, 3.63) is 53.8 Å². The molecule has 29 heavy (non-hydrogen) atoms. The quantitative estimate of drug-likeness (QED) is 0.589. The third kappa shape index (κ3) is 7.27. The Morgan fingerprint density at radius 1 is 1.03 bits per heavy atom. The zero-order chi connectivity index (χ0) is 21.1. The Hall–Kier alpha value is -2.80. The zero-order valence-corrected chi connectivity index (χ0v) is 17.2.